The summed E-state index contributed by atoms with van der Waals surface area (Å²) < 4.78 is 2.52. The van der Waals surface area contributed by atoms with Gasteiger partial charge in [-0.15, -0.1) is 11.3 Å². The Morgan fingerprint density at radius 3 is 3.18 bits per heavy atom. The zero-order valence-corrected chi connectivity index (χ0v) is 11.3. The summed E-state index contributed by atoms with van der Waals surface area (Å²) in [5.74, 6) is 0. The van der Waals surface area contributed by atoms with Crippen LogP contribution in [-0.2, 0) is 0 Å². The van der Waals surface area contributed by atoms with Gasteiger partial charge in [0.25, 0.3) is 0 Å². The molecule has 17 heavy (non-hydrogen) atoms. The van der Waals surface area contributed by atoms with Crippen LogP contribution in [0.1, 0.15) is 19.3 Å². The second-order valence-electron chi connectivity index (χ2n) is 4.39. The Labute approximate surface area is 110 Å². The van der Waals surface area contributed by atoms with E-state index in [1.807, 2.05) is 23.1 Å². The van der Waals surface area contributed by atoms with Gasteiger partial charge in [-0.3, -0.25) is 0 Å². The Morgan fingerprint density at radius 2 is 2.24 bits per heavy atom. The first-order chi connectivity index (χ1) is 8.42. The van der Waals surface area contributed by atoms with Gasteiger partial charge >= 0.3 is 0 Å². The molecule has 2 aromatic rings. The zero-order valence-electron chi connectivity index (χ0n) is 9.69. The van der Waals surface area contributed by atoms with Gasteiger partial charge in [-0.05, 0) is 31.5 Å². The number of aromatic nitrogens is 1. The maximum atomic E-state index is 4.69. The summed E-state index contributed by atoms with van der Waals surface area (Å²) in [6, 6.07) is 8.40. The fourth-order valence-electron chi connectivity index (χ4n) is 2.13. The molecule has 0 amide bonds. The molecular weight excluding hydrogens is 248 g/mol. The highest BCUT2D eigenvalue weighted by Gasteiger charge is 2.15. The molecule has 4 heteroatoms. The average molecular weight is 264 g/mol. The Kier molecular flexibility index (Phi) is 3.64. The first kappa shape index (κ1) is 11.5. The molecule has 1 unspecified atom stereocenters. The topological polar surface area (TPSA) is 24.9 Å². The quantitative estimate of drug-likeness (QED) is 0.898. The fraction of sp³-hybridized carbons (Fsp3) is 0.462. The second kappa shape index (κ2) is 5.38. The van der Waals surface area contributed by atoms with Gasteiger partial charge in [0.05, 0.1) is 10.2 Å². The molecule has 1 aliphatic rings. The van der Waals surface area contributed by atoms with Gasteiger partial charge in [-0.25, -0.2) is 4.98 Å². The van der Waals surface area contributed by atoms with Crippen molar-refractivity contribution in [3.63, 3.8) is 0 Å². The Morgan fingerprint density at radius 1 is 1.29 bits per heavy atom. The first-order valence-corrected chi connectivity index (χ1v) is 7.84. The van der Waals surface area contributed by atoms with Crippen LogP contribution in [0.25, 0.3) is 10.2 Å². The fourth-order valence-corrected chi connectivity index (χ4v) is 4.62. The SMILES string of the molecule is c1ccc2sc(SC3CCCCNC3)nc2c1. The van der Waals surface area contributed by atoms with E-state index in [4.69, 9.17) is 4.98 Å². The van der Waals surface area contributed by atoms with E-state index in [1.54, 1.807) is 0 Å². The monoisotopic (exact) mass is 264 g/mol. The molecular formula is C13H16N2S2. The molecule has 0 bridgehead atoms. The van der Waals surface area contributed by atoms with E-state index in [-0.39, 0.29) is 0 Å². The van der Waals surface area contributed by atoms with Crippen molar-refractivity contribution in [1.82, 2.24) is 10.3 Å². The first-order valence-electron chi connectivity index (χ1n) is 6.15. The smallest absolute Gasteiger partial charge is 0.151 e. The van der Waals surface area contributed by atoms with Crippen LogP contribution in [0, 0.1) is 0 Å². The van der Waals surface area contributed by atoms with Crippen molar-refractivity contribution in [3.05, 3.63) is 24.3 Å². The van der Waals surface area contributed by atoms with E-state index >= 15 is 0 Å². The summed E-state index contributed by atoms with van der Waals surface area (Å²) in [7, 11) is 0. The number of para-hydroxylation sites is 1. The van der Waals surface area contributed by atoms with Crippen molar-refractivity contribution < 1.29 is 0 Å². The van der Waals surface area contributed by atoms with E-state index in [2.05, 4.69) is 29.6 Å². The van der Waals surface area contributed by atoms with Crippen molar-refractivity contribution >= 4 is 33.3 Å². The lowest BCUT2D eigenvalue weighted by Gasteiger charge is -2.10. The largest absolute Gasteiger partial charge is 0.316 e. The predicted octanol–water partition coefficient (Wildman–Crippen LogP) is 3.53. The molecule has 1 N–H and O–H groups in total. The number of nitrogens with one attached hydrogen (secondary N) is 1. The molecule has 2 heterocycles. The standard InChI is InChI=1S/C13H16N2S2/c1-2-7-12-11(6-1)15-13(17-12)16-10-5-3-4-8-14-9-10/h1-2,6-7,10,14H,3-5,8-9H2. The van der Waals surface area contributed by atoms with Gasteiger partial charge in [-0.2, -0.15) is 0 Å². The Balaban J connectivity index is 1.75. The van der Waals surface area contributed by atoms with Crippen molar-refractivity contribution in [1.29, 1.82) is 0 Å². The summed E-state index contributed by atoms with van der Waals surface area (Å²) in [5.41, 5.74) is 1.14. The molecule has 0 radical (unpaired) electrons. The van der Waals surface area contributed by atoms with Crippen LogP contribution >= 0.6 is 23.1 Å². The van der Waals surface area contributed by atoms with Crippen LogP contribution < -0.4 is 5.32 Å². The molecule has 0 saturated carbocycles. The molecule has 2 nitrogen and oxygen atoms in total. The molecule has 1 saturated heterocycles. The van der Waals surface area contributed by atoms with E-state index < -0.39 is 0 Å². The maximum absolute atomic E-state index is 4.69. The van der Waals surface area contributed by atoms with Gasteiger partial charge in [0.15, 0.2) is 4.34 Å². The van der Waals surface area contributed by atoms with Crippen molar-refractivity contribution in [2.24, 2.45) is 0 Å². The van der Waals surface area contributed by atoms with Crippen molar-refractivity contribution in [3.8, 4) is 0 Å². The number of nitrogens with zero attached hydrogens (tertiary/aromatic N) is 1. The normalized spacial score (nSPS) is 21.5. The van der Waals surface area contributed by atoms with Crippen molar-refractivity contribution in [2.75, 3.05) is 13.1 Å². The molecule has 1 atom stereocenters. The van der Waals surface area contributed by atoms with Gasteiger partial charge in [-0.1, -0.05) is 30.3 Å². The number of thiazole rings is 1. The summed E-state index contributed by atoms with van der Waals surface area (Å²) in [6.07, 6.45) is 3.97. The van der Waals surface area contributed by atoms with Crippen LogP contribution in [0.3, 0.4) is 0 Å². The lowest BCUT2D eigenvalue weighted by Crippen LogP contribution is -2.22. The number of rotatable bonds is 2. The number of hydrogen-bond acceptors (Lipinski definition) is 4. The number of thioether (sulfide) groups is 1. The lowest BCUT2D eigenvalue weighted by atomic mass is 10.2. The highest BCUT2D eigenvalue weighted by Crippen LogP contribution is 2.33. The van der Waals surface area contributed by atoms with E-state index in [9.17, 15) is 0 Å². The third-order valence-corrected chi connectivity index (χ3v) is 5.44. The van der Waals surface area contributed by atoms with Crippen LogP contribution in [0.2, 0.25) is 0 Å². The maximum Gasteiger partial charge on any atom is 0.151 e. The average Bonchev–Trinajstić information content (AvgIpc) is 2.57. The van der Waals surface area contributed by atoms with Gasteiger partial charge in [0.1, 0.15) is 0 Å². The molecule has 1 aliphatic heterocycles. The third-order valence-electron chi connectivity index (χ3n) is 3.04. The predicted molar refractivity (Wildman–Crippen MR) is 76.0 cm³/mol. The minimum absolute atomic E-state index is 0.693. The molecule has 90 valence electrons. The lowest BCUT2D eigenvalue weighted by molar-refractivity contribution is 0.706. The second-order valence-corrected chi connectivity index (χ2v) is 6.97. The van der Waals surface area contributed by atoms with Gasteiger partial charge in [0.2, 0.25) is 0 Å². The highest BCUT2D eigenvalue weighted by atomic mass is 32.2. The molecule has 1 aromatic carbocycles. The molecule has 3 rings (SSSR count). The highest BCUT2D eigenvalue weighted by molar-refractivity contribution is 8.01. The van der Waals surface area contributed by atoms with E-state index in [1.165, 1.54) is 34.8 Å². The van der Waals surface area contributed by atoms with E-state index in [0.717, 1.165) is 12.1 Å². The van der Waals surface area contributed by atoms with Gasteiger partial charge in [0, 0.05) is 11.8 Å². The van der Waals surface area contributed by atoms with Crippen molar-refractivity contribution in [2.45, 2.75) is 28.9 Å². The number of fused-ring (bicyclic) bond motifs is 1. The minimum atomic E-state index is 0.693. The Bertz CT molecular complexity index is 454. The Hall–Kier alpha value is -0.580. The molecule has 1 fully saturated rings. The number of hydrogen-bond donors (Lipinski definition) is 1. The van der Waals surface area contributed by atoms with E-state index in [0.29, 0.717) is 5.25 Å². The van der Waals surface area contributed by atoms with Crippen LogP contribution in [0.4, 0.5) is 0 Å². The van der Waals surface area contributed by atoms with Crippen LogP contribution in [-0.4, -0.2) is 23.3 Å². The van der Waals surface area contributed by atoms with Crippen LogP contribution in [0.15, 0.2) is 28.6 Å². The molecule has 1 aromatic heterocycles. The third kappa shape index (κ3) is 2.81. The zero-order chi connectivity index (χ0) is 11.5. The van der Waals surface area contributed by atoms with Crippen LogP contribution in [0.5, 0.6) is 0 Å². The number of benzene rings is 1. The summed E-state index contributed by atoms with van der Waals surface area (Å²) >= 11 is 3.77. The van der Waals surface area contributed by atoms with Gasteiger partial charge < -0.3 is 5.32 Å². The summed E-state index contributed by atoms with van der Waals surface area (Å²) in [4.78, 5) is 4.69. The molecule has 0 aliphatic carbocycles. The summed E-state index contributed by atoms with van der Waals surface area (Å²) in [6.45, 7) is 2.30. The minimum Gasteiger partial charge on any atom is -0.316 e. The summed E-state index contributed by atoms with van der Waals surface area (Å²) in [5, 5.41) is 4.20. The molecule has 0 spiro atoms.